The Morgan fingerprint density at radius 3 is 2.68 bits per heavy atom. The Hall–Kier alpha value is -1.75. The molecule has 0 bridgehead atoms. The molecule has 6 heteroatoms. The largest absolute Gasteiger partial charge is 0.483 e. The van der Waals surface area contributed by atoms with Gasteiger partial charge in [-0.3, -0.25) is 9.59 Å². The fraction of sp³-hybridized carbons (Fsp3) is 0.500. The fourth-order valence-corrected chi connectivity index (χ4v) is 2.77. The lowest BCUT2D eigenvalue weighted by molar-refractivity contribution is -0.139. The van der Waals surface area contributed by atoms with Crippen molar-refractivity contribution in [2.45, 2.75) is 26.2 Å². The van der Waals surface area contributed by atoms with Crippen LogP contribution in [0.1, 0.15) is 24.8 Å². The molecule has 22 heavy (non-hydrogen) atoms. The zero-order chi connectivity index (χ0) is 16.1. The highest BCUT2D eigenvalue weighted by atomic mass is 35.5. The van der Waals surface area contributed by atoms with E-state index in [9.17, 15) is 9.59 Å². The van der Waals surface area contributed by atoms with E-state index in [1.807, 2.05) is 6.92 Å². The van der Waals surface area contributed by atoms with E-state index >= 15 is 0 Å². The molecule has 1 aromatic carbocycles. The van der Waals surface area contributed by atoms with Gasteiger partial charge in [-0.15, -0.1) is 0 Å². The van der Waals surface area contributed by atoms with Gasteiger partial charge in [0.2, 0.25) is 0 Å². The Bertz CT molecular complexity index is 553. The molecule has 0 saturated carbocycles. The number of ether oxygens (including phenoxy) is 1. The van der Waals surface area contributed by atoms with Crippen LogP contribution in [0, 0.1) is 12.8 Å². The van der Waals surface area contributed by atoms with Crippen molar-refractivity contribution in [1.82, 2.24) is 4.90 Å². The molecule has 0 spiro atoms. The van der Waals surface area contributed by atoms with Gasteiger partial charge in [0, 0.05) is 30.1 Å². The van der Waals surface area contributed by atoms with Crippen molar-refractivity contribution in [1.29, 1.82) is 0 Å². The molecule has 1 aromatic rings. The second-order valence-corrected chi connectivity index (χ2v) is 5.98. The normalized spacial score (nSPS) is 15.6. The molecule has 1 fully saturated rings. The Morgan fingerprint density at radius 2 is 2.05 bits per heavy atom. The zero-order valence-corrected chi connectivity index (χ0v) is 13.3. The number of likely N-dealkylation sites (tertiary alicyclic amines) is 1. The van der Waals surface area contributed by atoms with Crippen LogP contribution in [0.25, 0.3) is 0 Å². The number of halogens is 1. The van der Waals surface area contributed by atoms with Gasteiger partial charge in [-0.2, -0.15) is 0 Å². The second-order valence-electron chi connectivity index (χ2n) is 5.57. The van der Waals surface area contributed by atoms with Gasteiger partial charge >= 0.3 is 5.97 Å². The fourth-order valence-electron chi connectivity index (χ4n) is 2.61. The van der Waals surface area contributed by atoms with Crippen LogP contribution >= 0.6 is 11.6 Å². The van der Waals surface area contributed by atoms with Crippen LogP contribution in [0.3, 0.4) is 0 Å². The third-order valence-electron chi connectivity index (χ3n) is 4.00. The summed E-state index contributed by atoms with van der Waals surface area (Å²) in [5, 5.41) is 9.40. The quantitative estimate of drug-likeness (QED) is 0.904. The topological polar surface area (TPSA) is 66.8 Å². The summed E-state index contributed by atoms with van der Waals surface area (Å²) >= 11 is 6.01. The van der Waals surface area contributed by atoms with Crippen molar-refractivity contribution in [3.63, 3.8) is 0 Å². The van der Waals surface area contributed by atoms with Crippen LogP contribution in [0.2, 0.25) is 5.02 Å². The summed E-state index contributed by atoms with van der Waals surface area (Å²) in [6.07, 6.45) is 1.64. The molecule has 1 heterocycles. The number of rotatable bonds is 5. The monoisotopic (exact) mass is 325 g/mol. The predicted octanol–water partition coefficient (Wildman–Crippen LogP) is 2.74. The first-order valence-electron chi connectivity index (χ1n) is 7.35. The summed E-state index contributed by atoms with van der Waals surface area (Å²) in [4.78, 5) is 24.6. The van der Waals surface area contributed by atoms with Crippen molar-refractivity contribution in [2.75, 3.05) is 19.7 Å². The molecule has 2 rings (SSSR count). The van der Waals surface area contributed by atoms with Crippen LogP contribution in [-0.2, 0) is 9.59 Å². The van der Waals surface area contributed by atoms with Crippen LogP contribution in [-0.4, -0.2) is 41.6 Å². The molecule has 5 nitrogen and oxygen atoms in total. The Balaban J connectivity index is 1.81. The maximum atomic E-state index is 12.1. The Kier molecular flexibility index (Phi) is 5.66. The summed E-state index contributed by atoms with van der Waals surface area (Å²) in [7, 11) is 0. The Labute approximate surface area is 134 Å². The lowest BCUT2D eigenvalue weighted by atomic mass is 9.94. The minimum atomic E-state index is -0.774. The second kappa shape index (κ2) is 7.49. The molecule has 1 N–H and O–H groups in total. The summed E-state index contributed by atoms with van der Waals surface area (Å²) < 4.78 is 5.55. The molecule has 0 aromatic heterocycles. The molecule has 1 saturated heterocycles. The summed E-state index contributed by atoms with van der Waals surface area (Å²) in [6.45, 7) is 3.01. The van der Waals surface area contributed by atoms with Crippen LogP contribution in [0.5, 0.6) is 5.75 Å². The highest BCUT2D eigenvalue weighted by Gasteiger charge is 2.24. The molecule has 120 valence electrons. The molecule has 1 amide bonds. The minimum absolute atomic E-state index is 0.0230. The number of benzene rings is 1. The summed E-state index contributed by atoms with van der Waals surface area (Å²) in [5.74, 6) is -0.0723. The molecular formula is C16H20ClNO4. The zero-order valence-electron chi connectivity index (χ0n) is 12.5. The van der Waals surface area contributed by atoms with Gasteiger partial charge in [-0.25, -0.2) is 0 Å². The predicted molar refractivity (Wildman–Crippen MR) is 83.2 cm³/mol. The van der Waals surface area contributed by atoms with E-state index < -0.39 is 5.97 Å². The third kappa shape index (κ3) is 4.37. The minimum Gasteiger partial charge on any atom is -0.483 e. The third-order valence-corrected chi connectivity index (χ3v) is 4.41. The number of hydrogen-bond donors (Lipinski definition) is 1. The van der Waals surface area contributed by atoms with Gasteiger partial charge in [0.15, 0.2) is 6.61 Å². The van der Waals surface area contributed by atoms with E-state index in [2.05, 4.69) is 0 Å². The number of aliphatic carboxylic acids is 1. The summed E-state index contributed by atoms with van der Waals surface area (Å²) in [5.41, 5.74) is 0.817. The van der Waals surface area contributed by atoms with Gasteiger partial charge < -0.3 is 14.7 Å². The summed E-state index contributed by atoms with van der Waals surface area (Å²) in [6, 6.07) is 5.35. The first-order chi connectivity index (χ1) is 10.5. The molecule has 0 unspecified atom stereocenters. The first-order valence-corrected chi connectivity index (χ1v) is 7.72. The first kappa shape index (κ1) is 16.6. The van der Waals surface area contributed by atoms with E-state index in [-0.39, 0.29) is 24.9 Å². The molecule has 0 atom stereocenters. The molecule has 0 radical (unpaired) electrons. The van der Waals surface area contributed by atoms with Gasteiger partial charge in [0.1, 0.15) is 5.75 Å². The van der Waals surface area contributed by atoms with E-state index in [0.717, 1.165) is 18.4 Å². The number of amides is 1. The SMILES string of the molecule is Cc1c(Cl)cccc1OCC(=O)N1CCC(CC(=O)O)CC1. The lowest BCUT2D eigenvalue weighted by Crippen LogP contribution is -2.41. The maximum Gasteiger partial charge on any atom is 0.303 e. The maximum absolute atomic E-state index is 12.1. The Morgan fingerprint density at radius 1 is 1.36 bits per heavy atom. The lowest BCUT2D eigenvalue weighted by Gasteiger charge is -2.31. The van der Waals surface area contributed by atoms with E-state index in [0.29, 0.717) is 23.9 Å². The average Bonchev–Trinajstić information content (AvgIpc) is 2.48. The standard InChI is InChI=1S/C16H20ClNO4/c1-11-13(17)3-2-4-14(11)22-10-15(19)18-7-5-12(6-8-18)9-16(20)21/h2-4,12H,5-10H2,1H3,(H,20,21). The van der Waals surface area contributed by atoms with Crippen molar-refractivity contribution in [2.24, 2.45) is 5.92 Å². The van der Waals surface area contributed by atoms with Crippen molar-refractivity contribution >= 4 is 23.5 Å². The van der Waals surface area contributed by atoms with E-state index in [1.165, 1.54) is 0 Å². The highest BCUT2D eigenvalue weighted by Crippen LogP contribution is 2.25. The number of carbonyl (C=O) groups is 2. The van der Waals surface area contributed by atoms with Gasteiger partial charge in [0.05, 0.1) is 0 Å². The molecule has 1 aliphatic rings. The van der Waals surface area contributed by atoms with Crippen LogP contribution in [0.15, 0.2) is 18.2 Å². The van der Waals surface area contributed by atoms with Crippen molar-refractivity contribution in [3.05, 3.63) is 28.8 Å². The molecular weight excluding hydrogens is 306 g/mol. The highest BCUT2D eigenvalue weighted by molar-refractivity contribution is 6.31. The number of carbonyl (C=O) groups excluding carboxylic acids is 1. The number of carboxylic acid groups (broad SMARTS) is 1. The van der Waals surface area contributed by atoms with Gasteiger partial charge in [-0.05, 0) is 37.8 Å². The van der Waals surface area contributed by atoms with Crippen LogP contribution < -0.4 is 4.74 Å². The van der Waals surface area contributed by atoms with Crippen molar-refractivity contribution < 1.29 is 19.4 Å². The number of hydrogen-bond acceptors (Lipinski definition) is 3. The number of piperidine rings is 1. The van der Waals surface area contributed by atoms with Crippen LogP contribution in [0.4, 0.5) is 0 Å². The number of nitrogens with zero attached hydrogens (tertiary/aromatic N) is 1. The van der Waals surface area contributed by atoms with E-state index in [1.54, 1.807) is 23.1 Å². The van der Waals surface area contributed by atoms with Gasteiger partial charge in [-0.1, -0.05) is 17.7 Å². The smallest absolute Gasteiger partial charge is 0.303 e. The number of carboxylic acids is 1. The molecule has 0 aliphatic carbocycles. The molecule has 1 aliphatic heterocycles. The average molecular weight is 326 g/mol. The van der Waals surface area contributed by atoms with Gasteiger partial charge in [0.25, 0.3) is 5.91 Å². The van der Waals surface area contributed by atoms with E-state index in [4.69, 9.17) is 21.4 Å². The van der Waals surface area contributed by atoms with Crippen molar-refractivity contribution in [3.8, 4) is 5.75 Å².